The molecule has 0 spiro atoms. The quantitative estimate of drug-likeness (QED) is 0.203. The minimum absolute atomic E-state index is 0. The average Bonchev–Trinajstić information content (AvgIpc) is 2.69. The Labute approximate surface area is 182 Å². The molecule has 1 rings (SSSR count). The van der Waals surface area contributed by atoms with Crippen LogP contribution in [0.15, 0.2) is 23.2 Å². The van der Waals surface area contributed by atoms with Crippen molar-refractivity contribution in [2.75, 3.05) is 54.0 Å². The first-order valence-corrected chi connectivity index (χ1v) is 9.56. The van der Waals surface area contributed by atoms with Gasteiger partial charge in [-0.15, -0.1) is 24.0 Å². The lowest BCUT2D eigenvalue weighted by Gasteiger charge is -2.18. The number of ether oxygens (including phenoxy) is 2. The molecule has 1 aromatic rings. The summed E-state index contributed by atoms with van der Waals surface area (Å²) in [5.41, 5.74) is 1.20. The van der Waals surface area contributed by atoms with Gasteiger partial charge in [-0.05, 0) is 56.6 Å². The molecule has 0 heterocycles. The molecular formula is C20H37IN4O2. The summed E-state index contributed by atoms with van der Waals surface area (Å²) in [5, 5.41) is 6.74. The summed E-state index contributed by atoms with van der Waals surface area (Å²) in [6.07, 6.45) is 3.24. The Morgan fingerprint density at radius 2 is 1.67 bits per heavy atom. The summed E-state index contributed by atoms with van der Waals surface area (Å²) in [6.45, 7) is 9.61. The van der Waals surface area contributed by atoms with Gasteiger partial charge in [0.2, 0.25) is 0 Å². The summed E-state index contributed by atoms with van der Waals surface area (Å²) in [7, 11) is 5.12. The number of hydrogen-bond donors (Lipinski definition) is 2. The molecule has 2 N–H and O–H groups in total. The molecule has 0 saturated carbocycles. The van der Waals surface area contributed by atoms with Gasteiger partial charge in [0.05, 0.1) is 14.2 Å². The summed E-state index contributed by atoms with van der Waals surface area (Å²) >= 11 is 0. The van der Waals surface area contributed by atoms with Crippen LogP contribution in [0.2, 0.25) is 0 Å². The molecule has 0 aliphatic rings. The van der Waals surface area contributed by atoms with Crippen molar-refractivity contribution in [2.24, 2.45) is 4.99 Å². The SMILES string of the molecule is CCN(CC)CCCCNC(=NC)NCCc1ccc(OC)c(OC)c1.I. The van der Waals surface area contributed by atoms with Gasteiger partial charge in [-0.2, -0.15) is 0 Å². The first-order valence-electron chi connectivity index (χ1n) is 9.56. The van der Waals surface area contributed by atoms with Crippen molar-refractivity contribution in [3.8, 4) is 11.5 Å². The molecule has 156 valence electrons. The zero-order chi connectivity index (χ0) is 19.2. The maximum absolute atomic E-state index is 5.35. The smallest absolute Gasteiger partial charge is 0.190 e. The second-order valence-electron chi connectivity index (χ2n) is 6.10. The van der Waals surface area contributed by atoms with Gasteiger partial charge in [-0.25, -0.2) is 0 Å². The Kier molecular flexibility index (Phi) is 15.1. The molecule has 0 aliphatic heterocycles. The van der Waals surface area contributed by atoms with Crippen LogP contribution in [0.3, 0.4) is 0 Å². The highest BCUT2D eigenvalue weighted by Gasteiger charge is 2.05. The van der Waals surface area contributed by atoms with Crippen molar-refractivity contribution in [2.45, 2.75) is 33.1 Å². The molecule has 0 aliphatic carbocycles. The van der Waals surface area contributed by atoms with Crippen molar-refractivity contribution in [1.82, 2.24) is 15.5 Å². The third kappa shape index (κ3) is 10.0. The van der Waals surface area contributed by atoms with E-state index in [1.165, 1.54) is 18.5 Å². The third-order valence-corrected chi connectivity index (χ3v) is 4.47. The molecular weight excluding hydrogens is 455 g/mol. The zero-order valence-corrected chi connectivity index (χ0v) is 19.8. The molecule has 0 aromatic heterocycles. The molecule has 0 radical (unpaired) electrons. The van der Waals surface area contributed by atoms with E-state index < -0.39 is 0 Å². The minimum Gasteiger partial charge on any atom is -0.493 e. The number of guanidine groups is 1. The number of nitrogens with one attached hydrogen (secondary N) is 2. The predicted octanol–water partition coefficient (Wildman–Crippen LogP) is 3.15. The van der Waals surface area contributed by atoms with E-state index in [1.807, 2.05) is 19.2 Å². The van der Waals surface area contributed by atoms with E-state index >= 15 is 0 Å². The van der Waals surface area contributed by atoms with E-state index in [0.29, 0.717) is 0 Å². The number of unbranched alkanes of at least 4 members (excludes halogenated alkanes) is 1. The Morgan fingerprint density at radius 1 is 1.00 bits per heavy atom. The van der Waals surface area contributed by atoms with Crippen molar-refractivity contribution >= 4 is 29.9 Å². The minimum atomic E-state index is 0. The number of aliphatic imine (C=N–C) groups is 1. The first kappa shape index (κ1) is 25.8. The lowest BCUT2D eigenvalue weighted by atomic mass is 10.1. The standard InChI is InChI=1S/C20H36N4O2.HI/c1-6-24(7-2)15-9-8-13-22-20(21-3)23-14-12-17-10-11-18(25-4)19(16-17)26-5;/h10-11,16H,6-9,12-15H2,1-5H3,(H2,21,22,23);1H. The molecule has 1 aromatic carbocycles. The molecule has 0 amide bonds. The van der Waals surface area contributed by atoms with Crippen molar-refractivity contribution in [3.05, 3.63) is 23.8 Å². The van der Waals surface area contributed by atoms with Crippen molar-refractivity contribution in [3.63, 3.8) is 0 Å². The molecule has 0 unspecified atom stereocenters. The fraction of sp³-hybridized carbons (Fsp3) is 0.650. The average molecular weight is 492 g/mol. The van der Waals surface area contributed by atoms with E-state index in [9.17, 15) is 0 Å². The summed E-state index contributed by atoms with van der Waals surface area (Å²) in [4.78, 5) is 6.74. The van der Waals surface area contributed by atoms with Crippen molar-refractivity contribution < 1.29 is 9.47 Å². The Hall–Kier alpha value is -1.22. The zero-order valence-electron chi connectivity index (χ0n) is 17.5. The van der Waals surface area contributed by atoms with Crippen molar-refractivity contribution in [1.29, 1.82) is 0 Å². The van der Waals surface area contributed by atoms with Crippen LogP contribution in [-0.2, 0) is 6.42 Å². The monoisotopic (exact) mass is 492 g/mol. The van der Waals surface area contributed by atoms with Gasteiger partial charge in [-0.3, -0.25) is 4.99 Å². The lowest BCUT2D eigenvalue weighted by molar-refractivity contribution is 0.297. The summed E-state index contributed by atoms with van der Waals surface area (Å²) in [6, 6.07) is 6.02. The largest absolute Gasteiger partial charge is 0.493 e. The van der Waals surface area contributed by atoms with Gasteiger partial charge in [0, 0.05) is 20.1 Å². The maximum Gasteiger partial charge on any atom is 0.190 e. The first-order chi connectivity index (χ1) is 12.7. The summed E-state index contributed by atoms with van der Waals surface area (Å²) < 4.78 is 10.6. The highest BCUT2D eigenvalue weighted by molar-refractivity contribution is 14.0. The highest BCUT2D eigenvalue weighted by atomic mass is 127. The number of halogens is 1. The van der Waals surface area contributed by atoms with Crippen LogP contribution in [0, 0.1) is 0 Å². The fourth-order valence-electron chi connectivity index (χ4n) is 2.79. The van der Waals surface area contributed by atoms with Crippen LogP contribution in [0.1, 0.15) is 32.3 Å². The van der Waals surface area contributed by atoms with E-state index in [4.69, 9.17) is 9.47 Å². The molecule has 0 bridgehead atoms. The number of methoxy groups -OCH3 is 2. The van der Waals surface area contributed by atoms with E-state index in [1.54, 1.807) is 14.2 Å². The topological polar surface area (TPSA) is 58.1 Å². The van der Waals surface area contributed by atoms with E-state index in [0.717, 1.165) is 56.5 Å². The Bertz CT molecular complexity index is 537. The molecule has 0 saturated heterocycles. The van der Waals surface area contributed by atoms with Crippen LogP contribution in [-0.4, -0.2) is 64.9 Å². The normalized spacial score (nSPS) is 11.1. The van der Waals surface area contributed by atoms with Gasteiger partial charge in [-0.1, -0.05) is 19.9 Å². The van der Waals surface area contributed by atoms with Gasteiger partial charge in [0.1, 0.15) is 0 Å². The number of hydrogen-bond acceptors (Lipinski definition) is 4. The highest BCUT2D eigenvalue weighted by Crippen LogP contribution is 2.27. The molecule has 0 atom stereocenters. The predicted molar refractivity (Wildman–Crippen MR) is 125 cm³/mol. The number of rotatable bonds is 12. The second kappa shape index (κ2) is 15.8. The maximum atomic E-state index is 5.35. The van der Waals surface area contributed by atoms with Gasteiger partial charge < -0.3 is 25.0 Å². The summed E-state index contributed by atoms with van der Waals surface area (Å²) in [5.74, 6) is 2.38. The van der Waals surface area contributed by atoms with Crippen LogP contribution in [0.5, 0.6) is 11.5 Å². The fourth-order valence-corrected chi connectivity index (χ4v) is 2.79. The number of nitrogens with zero attached hydrogens (tertiary/aromatic N) is 2. The Morgan fingerprint density at radius 3 is 2.26 bits per heavy atom. The second-order valence-corrected chi connectivity index (χ2v) is 6.10. The molecule has 7 heteroatoms. The van der Waals surface area contributed by atoms with Crippen LogP contribution in [0.4, 0.5) is 0 Å². The van der Waals surface area contributed by atoms with E-state index in [2.05, 4.69) is 40.4 Å². The van der Waals surface area contributed by atoms with Gasteiger partial charge in [0.25, 0.3) is 0 Å². The number of benzene rings is 1. The Balaban J connectivity index is 0.00000676. The third-order valence-electron chi connectivity index (χ3n) is 4.47. The van der Waals surface area contributed by atoms with Gasteiger partial charge in [0.15, 0.2) is 17.5 Å². The van der Waals surface area contributed by atoms with Gasteiger partial charge >= 0.3 is 0 Å². The van der Waals surface area contributed by atoms with Crippen LogP contribution >= 0.6 is 24.0 Å². The van der Waals surface area contributed by atoms with Crippen LogP contribution in [0.25, 0.3) is 0 Å². The lowest BCUT2D eigenvalue weighted by Crippen LogP contribution is -2.39. The molecule has 0 fully saturated rings. The molecule has 6 nitrogen and oxygen atoms in total. The van der Waals surface area contributed by atoms with E-state index in [-0.39, 0.29) is 24.0 Å². The molecule has 27 heavy (non-hydrogen) atoms. The van der Waals surface area contributed by atoms with Crippen LogP contribution < -0.4 is 20.1 Å².